The molecule has 0 amide bonds. The van der Waals surface area contributed by atoms with Crippen LogP contribution in [0, 0.1) is 0 Å². The minimum absolute atomic E-state index is 0.169. The lowest BCUT2D eigenvalue weighted by Gasteiger charge is -2.01. The van der Waals surface area contributed by atoms with Crippen molar-refractivity contribution in [2.45, 2.75) is 0 Å². The molecule has 0 aromatic heterocycles. The summed E-state index contributed by atoms with van der Waals surface area (Å²) in [6.07, 6.45) is 0. The smallest absolute Gasteiger partial charge is 0.116 e. The van der Waals surface area contributed by atoms with E-state index in [9.17, 15) is 5.11 Å². The number of fused-ring (bicyclic) bond motifs is 1. The molecule has 0 bridgehead atoms. The van der Waals surface area contributed by atoms with Gasteiger partial charge in [-0.05, 0) is 47.9 Å². The number of hydrogen-bond acceptors (Lipinski definition) is 4. The van der Waals surface area contributed by atoms with E-state index in [-0.39, 0.29) is 17.2 Å². The van der Waals surface area contributed by atoms with Crippen molar-refractivity contribution in [3.63, 3.8) is 0 Å². The van der Waals surface area contributed by atoms with Crippen molar-refractivity contribution in [2.75, 3.05) is 5.73 Å². The summed E-state index contributed by atoms with van der Waals surface area (Å²) >= 11 is 0. The quantitative estimate of drug-likeness (QED) is 0.373. The Morgan fingerprint density at radius 3 is 1.80 bits per heavy atom. The van der Waals surface area contributed by atoms with Crippen LogP contribution in [0.3, 0.4) is 0 Å². The van der Waals surface area contributed by atoms with Gasteiger partial charge in [-0.15, -0.1) is 0 Å². The fourth-order valence-corrected chi connectivity index (χ4v) is 1.74. The topological polar surface area (TPSA) is 86.7 Å². The Bertz CT molecular complexity index is 687. The van der Waals surface area contributed by atoms with E-state index in [4.69, 9.17) is 15.9 Å². The molecule has 3 aromatic rings. The van der Waals surface area contributed by atoms with E-state index in [0.717, 1.165) is 10.8 Å². The second-order valence-corrected chi connectivity index (χ2v) is 4.27. The van der Waals surface area contributed by atoms with Crippen molar-refractivity contribution in [3.8, 4) is 17.2 Å². The summed E-state index contributed by atoms with van der Waals surface area (Å²) in [5, 5.41) is 28.4. The number of benzene rings is 3. The van der Waals surface area contributed by atoms with E-state index in [1.165, 1.54) is 24.3 Å². The number of nitrogens with two attached hydrogens (primary N) is 1. The Kier molecular flexibility index (Phi) is 3.96. The first-order valence-corrected chi connectivity index (χ1v) is 6.01. The molecule has 0 unspecified atom stereocenters. The Balaban J connectivity index is 0.000000160. The molecule has 0 spiro atoms. The van der Waals surface area contributed by atoms with E-state index in [1.54, 1.807) is 12.1 Å². The van der Waals surface area contributed by atoms with Crippen LogP contribution in [0.25, 0.3) is 10.8 Å². The van der Waals surface area contributed by atoms with Gasteiger partial charge in [0, 0.05) is 11.1 Å². The van der Waals surface area contributed by atoms with Crippen molar-refractivity contribution >= 4 is 16.5 Å². The molecular formula is C16H15NO3. The molecule has 3 rings (SSSR count). The second kappa shape index (κ2) is 5.84. The fourth-order valence-electron chi connectivity index (χ4n) is 1.74. The zero-order valence-electron chi connectivity index (χ0n) is 10.7. The predicted octanol–water partition coefficient (Wildman–Crippen LogP) is 3.23. The van der Waals surface area contributed by atoms with Gasteiger partial charge in [0.25, 0.3) is 0 Å². The first kappa shape index (κ1) is 13.5. The molecular weight excluding hydrogens is 254 g/mol. The lowest BCUT2D eigenvalue weighted by atomic mass is 10.1. The number of rotatable bonds is 0. The molecule has 0 saturated carbocycles. The number of phenols is 3. The highest BCUT2D eigenvalue weighted by atomic mass is 16.3. The van der Waals surface area contributed by atoms with Gasteiger partial charge >= 0.3 is 0 Å². The van der Waals surface area contributed by atoms with Crippen LogP contribution in [-0.4, -0.2) is 15.3 Å². The summed E-state index contributed by atoms with van der Waals surface area (Å²) in [4.78, 5) is 0. The summed E-state index contributed by atoms with van der Waals surface area (Å²) < 4.78 is 0. The van der Waals surface area contributed by atoms with Crippen LogP contribution in [0.2, 0.25) is 0 Å². The molecule has 0 saturated heterocycles. The maximum absolute atomic E-state index is 9.20. The maximum atomic E-state index is 9.20. The van der Waals surface area contributed by atoms with Gasteiger partial charge < -0.3 is 21.1 Å². The Hall–Kier alpha value is -2.88. The third kappa shape index (κ3) is 3.32. The molecule has 0 radical (unpaired) electrons. The van der Waals surface area contributed by atoms with E-state index in [2.05, 4.69) is 0 Å². The van der Waals surface area contributed by atoms with Crippen LogP contribution in [0.4, 0.5) is 5.69 Å². The lowest BCUT2D eigenvalue weighted by molar-refractivity contribution is 0.460. The van der Waals surface area contributed by atoms with E-state index in [1.807, 2.05) is 24.3 Å². The summed E-state index contributed by atoms with van der Waals surface area (Å²) in [6.45, 7) is 0. The van der Waals surface area contributed by atoms with Gasteiger partial charge in [-0.25, -0.2) is 0 Å². The fraction of sp³-hybridized carbons (Fsp3) is 0. The van der Waals surface area contributed by atoms with Crippen LogP contribution in [0.1, 0.15) is 0 Å². The van der Waals surface area contributed by atoms with Crippen LogP contribution in [-0.2, 0) is 0 Å². The molecule has 0 atom stereocenters. The van der Waals surface area contributed by atoms with Crippen molar-refractivity contribution in [2.24, 2.45) is 0 Å². The van der Waals surface area contributed by atoms with Crippen molar-refractivity contribution < 1.29 is 15.3 Å². The summed E-state index contributed by atoms with van der Waals surface area (Å²) in [5.74, 6) is 0.589. The summed E-state index contributed by atoms with van der Waals surface area (Å²) in [5.41, 5.74) is 6.41. The van der Waals surface area contributed by atoms with Crippen LogP contribution in [0.5, 0.6) is 17.2 Å². The molecule has 102 valence electrons. The van der Waals surface area contributed by atoms with Crippen LogP contribution < -0.4 is 5.73 Å². The first-order valence-electron chi connectivity index (χ1n) is 6.01. The molecule has 0 aliphatic heterocycles. The van der Waals surface area contributed by atoms with Gasteiger partial charge in [-0.3, -0.25) is 0 Å². The minimum Gasteiger partial charge on any atom is -0.508 e. The Labute approximate surface area is 116 Å². The van der Waals surface area contributed by atoms with Crippen LogP contribution in [0.15, 0.2) is 60.7 Å². The van der Waals surface area contributed by atoms with Crippen LogP contribution >= 0.6 is 0 Å². The molecule has 3 aromatic carbocycles. The van der Waals surface area contributed by atoms with Gasteiger partial charge in [-0.2, -0.15) is 0 Å². The van der Waals surface area contributed by atoms with Gasteiger partial charge in [0.1, 0.15) is 17.2 Å². The number of anilines is 1. The van der Waals surface area contributed by atoms with E-state index >= 15 is 0 Å². The predicted molar refractivity (Wildman–Crippen MR) is 79.8 cm³/mol. The van der Waals surface area contributed by atoms with Crippen molar-refractivity contribution in [1.82, 2.24) is 0 Å². The third-order valence-corrected chi connectivity index (χ3v) is 2.75. The standard InChI is InChI=1S/C10H9NO.C6H6O2/c11-10-3-1-2-7-4-5-8(12)6-9(7)10;7-5-1-2-6(8)4-3-5/h1-6,12H,11H2;1-4,7-8H. The largest absolute Gasteiger partial charge is 0.508 e. The van der Waals surface area contributed by atoms with Gasteiger partial charge in [0.15, 0.2) is 0 Å². The molecule has 0 heterocycles. The molecule has 0 aliphatic carbocycles. The summed E-state index contributed by atoms with van der Waals surface area (Å²) in [6, 6.07) is 16.6. The average Bonchev–Trinajstić information content (AvgIpc) is 2.44. The lowest BCUT2D eigenvalue weighted by Crippen LogP contribution is -1.85. The second-order valence-electron chi connectivity index (χ2n) is 4.27. The van der Waals surface area contributed by atoms with Gasteiger partial charge in [0.2, 0.25) is 0 Å². The monoisotopic (exact) mass is 269 g/mol. The van der Waals surface area contributed by atoms with Gasteiger partial charge in [-0.1, -0.05) is 18.2 Å². The Morgan fingerprint density at radius 1 is 0.650 bits per heavy atom. The third-order valence-electron chi connectivity index (χ3n) is 2.75. The normalized spacial score (nSPS) is 9.80. The zero-order chi connectivity index (χ0) is 14.5. The molecule has 0 aliphatic rings. The van der Waals surface area contributed by atoms with E-state index < -0.39 is 0 Å². The molecule has 4 heteroatoms. The van der Waals surface area contributed by atoms with Crippen molar-refractivity contribution in [1.29, 1.82) is 0 Å². The number of phenolic OH excluding ortho intramolecular Hbond substituents is 3. The number of hydrogen-bond donors (Lipinski definition) is 4. The molecule has 0 fully saturated rings. The maximum Gasteiger partial charge on any atom is 0.116 e. The molecule has 4 nitrogen and oxygen atoms in total. The van der Waals surface area contributed by atoms with E-state index in [0.29, 0.717) is 5.69 Å². The first-order chi connectivity index (χ1) is 9.56. The highest BCUT2D eigenvalue weighted by molar-refractivity contribution is 5.93. The molecule has 20 heavy (non-hydrogen) atoms. The SMILES string of the molecule is Nc1cccc2ccc(O)cc12.Oc1ccc(O)cc1. The van der Waals surface area contributed by atoms with Gasteiger partial charge in [0.05, 0.1) is 0 Å². The number of nitrogen functional groups attached to an aromatic ring is 1. The number of aromatic hydroxyl groups is 3. The molecule has 5 N–H and O–H groups in total. The highest BCUT2D eigenvalue weighted by Gasteiger charge is 1.97. The van der Waals surface area contributed by atoms with Crippen molar-refractivity contribution in [3.05, 3.63) is 60.7 Å². The Morgan fingerprint density at radius 2 is 1.20 bits per heavy atom. The minimum atomic E-state index is 0.169. The summed E-state index contributed by atoms with van der Waals surface area (Å²) in [7, 11) is 0. The zero-order valence-corrected chi connectivity index (χ0v) is 10.7. The average molecular weight is 269 g/mol. The highest BCUT2D eigenvalue weighted by Crippen LogP contribution is 2.24.